The van der Waals surface area contributed by atoms with Gasteiger partial charge in [-0.3, -0.25) is 10.1 Å². The number of nitrogens with zero attached hydrogens (tertiary/aromatic N) is 2. The number of nitro benzene ring substituents is 1. The Hall–Kier alpha value is -2.29. The van der Waals surface area contributed by atoms with Crippen LogP contribution in [0, 0.1) is 21.7 Å². The van der Waals surface area contributed by atoms with Crippen LogP contribution in [-0.4, -0.2) is 41.3 Å². The van der Waals surface area contributed by atoms with E-state index in [9.17, 15) is 23.7 Å². The topological polar surface area (TPSA) is 92.9 Å². The summed E-state index contributed by atoms with van der Waals surface area (Å²) in [6.07, 6.45) is 0. The van der Waals surface area contributed by atoms with E-state index in [1.54, 1.807) is 6.92 Å². The molecule has 1 fully saturated rings. The Morgan fingerprint density at radius 3 is 2.67 bits per heavy atom. The molecule has 114 valence electrons. The molecule has 1 heterocycles. The molecule has 1 N–H and O–H groups in total. The maximum Gasteiger partial charge on any atom is 0.329 e. The average molecular weight is 302 g/mol. The first-order chi connectivity index (χ1) is 9.72. The molecule has 9 heteroatoms. The predicted molar refractivity (Wildman–Crippen MR) is 67.2 cm³/mol. The molecule has 0 aromatic heterocycles. The molecule has 0 aliphatic carbocycles. The van der Waals surface area contributed by atoms with Crippen molar-refractivity contribution in [3.05, 3.63) is 33.9 Å². The lowest BCUT2D eigenvalue weighted by Crippen LogP contribution is -2.62. The number of ether oxygens (including phenoxy) is 1. The first-order valence-electron chi connectivity index (χ1n) is 5.96. The molecule has 7 nitrogen and oxygen atoms in total. The molecule has 1 saturated heterocycles. The number of rotatable bonds is 5. The quantitative estimate of drug-likeness (QED) is 0.655. The molecule has 2 rings (SSSR count). The van der Waals surface area contributed by atoms with Crippen molar-refractivity contribution in [2.24, 2.45) is 0 Å². The molecule has 0 amide bonds. The average Bonchev–Trinajstić information content (AvgIpc) is 2.31. The molecular weight excluding hydrogens is 290 g/mol. The number of hydrogen-bond acceptors (Lipinski definition) is 5. The van der Waals surface area contributed by atoms with E-state index in [1.807, 2.05) is 0 Å². The van der Waals surface area contributed by atoms with E-state index in [2.05, 4.69) is 0 Å². The molecule has 0 atom stereocenters. The third kappa shape index (κ3) is 3.07. The van der Waals surface area contributed by atoms with Gasteiger partial charge in [-0.15, -0.1) is 0 Å². The van der Waals surface area contributed by atoms with Gasteiger partial charge < -0.3 is 14.7 Å². The van der Waals surface area contributed by atoms with Crippen LogP contribution in [0.4, 0.5) is 20.2 Å². The van der Waals surface area contributed by atoms with Crippen molar-refractivity contribution in [3.63, 3.8) is 0 Å². The molecule has 0 bridgehead atoms. The second kappa shape index (κ2) is 5.24. The van der Waals surface area contributed by atoms with E-state index in [1.165, 1.54) is 4.90 Å². The van der Waals surface area contributed by atoms with E-state index in [0.29, 0.717) is 6.07 Å². The lowest BCUT2D eigenvalue weighted by atomic mass is 9.95. The summed E-state index contributed by atoms with van der Waals surface area (Å²) in [6, 6.07) is 1.32. The van der Waals surface area contributed by atoms with Gasteiger partial charge in [-0.25, -0.2) is 9.18 Å². The standard InChI is InChI=1S/C12H12F2N2O5/c1-12(21-4-10(17)18)5-15(6-12)9-3-7(13)2-8(14)11(9)16(19)20/h2-3H,4-6H2,1H3,(H,17,18). The molecule has 1 aromatic rings. The van der Waals surface area contributed by atoms with Crippen LogP contribution >= 0.6 is 0 Å². The number of halogens is 2. The van der Waals surface area contributed by atoms with Crippen molar-refractivity contribution in [2.45, 2.75) is 12.5 Å². The van der Waals surface area contributed by atoms with Gasteiger partial charge in [0.05, 0.1) is 4.92 Å². The highest BCUT2D eigenvalue weighted by atomic mass is 19.1. The Morgan fingerprint density at radius 2 is 2.14 bits per heavy atom. The Labute approximate surface area is 117 Å². The van der Waals surface area contributed by atoms with Crippen molar-refractivity contribution in [3.8, 4) is 0 Å². The SMILES string of the molecule is CC1(OCC(=O)O)CN(c2cc(F)cc(F)c2[N+](=O)[O-])C1. The molecule has 0 spiro atoms. The van der Waals surface area contributed by atoms with Gasteiger partial charge in [0.15, 0.2) is 0 Å². The molecule has 0 unspecified atom stereocenters. The number of hydrogen-bond donors (Lipinski definition) is 1. The Morgan fingerprint density at radius 1 is 1.52 bits per heavy atom. The van der Waals surface area contributed by atoms with Crippen LogP contribution in [0.3, 0.4) is 0 Å². The van der Waals surface area contributed by atoms with Gasteiger partial charge >= 0.3 is 11.7 Å². The van der Waals surface area contributed by atoms with Gasteiger partial charge in [0.2, 0.25) is 5.82 Å². The number of aliphatic carboxylic acids is 1. The fourth-order valence-corrected chi connectivity index (χ4v) is 2.23. The molecule has 1 aliphatic rings. The molecule has 1 aliphatic heterocycles. The van der Waals surface area contributed by atoms with Gasteiger partial charge in [-0.1, -0.05) is 0 Å². The van der Waals surface area contributed by atoms with E-state index in [0.717, 1.165) is 6.07 Å². The highest BCUT2D eigenvalue weighted by Gasteiger charge is 2.43. The fraction of sp³-hybridized carbons (Fsp3) is 0.417. The Balaban J connectivity index is 2.18. The first kappa shape index (κ1) is 15.1. The summed E-state index contributed by atoms with van der Waals surface area (Å²) < 4.78 is 31.9. The third-order valence-electron chi connectivity index (χ3n) is 3.13. The predicted octanol–water partition coefficient (Wildman–Crippen LogP) is 1.55. The van der Waals surface area contributed by atoms with Gasteiger partial charge in [-0.05, 0) is 6.92 Å². The van der Waals surface area contributed by atoms with Crippen molar-refractivity contribution >= 4 is 17.3 Å². The molecule has 1 aromatic carbocycles. The molecule has 21 heavy (non-hydrogen) atoms. The van der Waals surface area contributed by atoms with E-state index >= 15 is 0 Å². The van der Waals surface area contributed by atoms with Crippen LogP contribution in [0.5, 0.6) is 0 Å². The fourth-order valence-electron chi connectivity index (χ4n) is 2.23. The monoisotopic (exact) mass is 302 g/mol. The minimum absolute atomic E-state index is 0.101. The summed E-state index contributed by atoms with van der Waals surface area (Å²) in [7, 11) is 0. The van der Waals surface area contributed by atoms with Gasteiger partial charge in [-0.2, -0.15) is 4.39 Å². The maximum absolute atomic E-state index is 13.5. The van der Waals surface area contributed by atoms with Crippen molar-refractivity contribution < 1.29 is 28.3 Å². The maximum atomic E-state index is 13.5. The van der Waals surface area contributed by atoms with Crippen LogP contribution in [0.15, 0.2) is 12.1 Å². The lowest BCUT2D eigenvalue weighted by Gasteiger charge is -2.48. The zero-order valence-electron chi connectivity index (χ0n) is 11.0. The van der Waals surface area contributed by atoms with Gasteiger partial charge in [0, 0.05) is 25.2 Å². The van der Waals surface area contributed by atoms with Crippen molar-refractivity contribution in [1.82, 2.24) is 0 Å². The minimum atomic E-state index is -1.25. The zero-order valence-corrected chi connectivity index (χ0v) is 11.0. The van der Waals surface area contributed by atoms with Crippen molar-refractivity contribution in [2.75, 3.05) is 24.6 Å². The summed E-state index contributed by atoms with van der Waals surface area (Å²) in [5.41, 5.74) is -1.82. The molecule has 0 radical (unpaired) electrons. The largest absolute Gasteiger partial charge is 0.480 e. The number of carboxylic acids is 1. The molecular formula is C12H12F2N2O5. The third-order valence-corrected chi connectivity index (χ3v) is 3.13. The highest BCUT2D eigenvalue weighted by molar-refractivity contribution is 5.68. The summed E-state index contributed by atoms with van der Waals surface area (Å²) in [6.45, 7) is 1.31. The summed E-state index contributed by atoms with van der Waals surface area (Å²) >= 11 is 0. The van der Waals surface area contributed by atoms with E-state index in [4.69, 9.17) is 9.84 Å². The summed E-state index contributed by atoms with van der Waals surface area (Å²) in [5, 5.41) is 19.4. The highest BCUT2D eigenvalue weighted by Crippen LogP contribution is 2.38. The first-order valence-corrected chi connectivity index (χ1v) is 5.96. The zero-order chi connectivity index (χ0) is 15.8. The number of anilines is 1. The second-order valence-corrected chi connectivity index (χ2v) is 5.00. The van der Waals surface area contributed by atoms with Gasteiger partial charge in [0.1, 0.15) is 23.7 Å². The van der Waals surface area contributed by atoms with Crippen LogP contribution in [0.2, 0.25) is 0 Å². The summed E-state index contributed by atoms with van der Waals surface area (Å²) in [4.78, 5) is 21.8. The minimum Gasteiger partial charge on any atom is -0.480 e. The number of nitro groups is 1. The second-order valence-electron chi connectivity index (χ2n) is 5.00. The normalized spacial score (nSPS) is 16.4. The van der Waals surface area contributed by atoms with Crippen molar-refractivity contribution in [1.29, 1.82) is 0 Å². The van der Waals surface area contributed by atoms with Crippen LogP contribution < -0.4 is 4.90 Å². The van der Waals surface area contributed by atoms with Crippen LogP contribution in [-0.2, 0) is 9.53 Å². The van der Waals surface area contributed by atoms with E-state index in [-0.39, 0.29) is 18.8 Å². The van der Waals surface area contributed by atoms with Gasteiger partial charge in [0.25, 0.3) is 0 Å². The summed E-state index contributed by atoms with van der Waals surface area (Å²) in [5.74, 6) is -3.32. The number of benzene rings is 1. The van der Waals surface area contributed by atoms with E-state index < -0.39 is 40.4 Å². The van der Waals surface area contributed by atoms with Crippen LogP contribution in [0.25, 0.3) is 0 Å². The Kier molecular flexibility index (Phi) is 3.77. The number of carboxylic acid groups (broad SMARTS) is 1. The lowest BCUT2D eigenvalue weighted by molar-refractivity contribution is -0.386. The number of carbonyl (C=O) groups is 1. The molecule has 0 saturated carbocycles. The van der Waals surface area contributed by atoms with Crippen LogP contribution in [0.1, 0.15) is 6.92 Å². The smallest absolute Gasteiger partial charge is 0.329 e. The Bertz CT molecular complexity index is 602.